The molecule has 0 aliphatic heterocycles. The molecular weight excluding hydrogens is 226 g/mol. The van der Waals surface area contributed by atoms with Crippen LogP contribution in [0.5, 0.6) is 0 Å². The summed E-state index contributed by atoms with van der Waals surface area (Å²) in [5.74, 6) is -0.0657. The molecule has 2 rings (SSSR count). The molecule has 0 atom stereocenters. The molecule has 1 heterocycles. The number of nitrogens with two attached hydrogens (primary N) is 1. The number of hydrogen-bond donors (Lipinski definition) is 1. The van der Waals surface area contributed by atoms with Crippen LogP contribution in [0.15, 0.2) is 30.3 Å². The fourth-order valence-corrected chi connectivity index (χ4v) is 1.93. The Balaban J connectivity index is 2.58. The van der Waals surface area contributed by atoms with Gasteiger partial charge >= 0.3 is 0 Å². The second kappa shape index (κ2) is 4.38. The van der Waals surface area contributed by atoms with Crippen molar-refractivity contribution < 1.29 is 4.79 Å². The molecule has 90 valence electrons. The van der Waals surface area contributed by atoms with Crippen molar-refractivity contribution in [2.75, 3.05) is 5.73 Å². The van der Waals surface area contributed by atoms with Crippen LogP contribution in [0.25, 0.3) is 11.3 Å². The summed E-state index contributed by atoms with van der Waals surface area (Å²) in [6.07, 6.45) is 0. The van der Waals surface area contributed by atoms with Crippen LogP contribution in [0, 0.1) is 11.3 Å². The van der Waals surface area contributed by atoms with Crippen molar-refractivity contribution in [1.82, 2.24) is 4.57 Å². The number of carbonyl (C=O) groups is 1. The minimum Gasteiger partial charge on any atom is -0.398 e. The standard InChI is InChI=1S/C14H13N3O/c1-9(18)12-7-10(3-5-13(12)16)14-6-4-11(8-15)17(14)2/h3-7H,16H2,1-2H3. The van der Waals surface area contributed by atoms with Gasteiger partial charge in [0.25, 0.3) is 0 Å². The molecule has 0 spiro atoms. The number of rotatable bonds is 2. The first-order valence-corrected chi connectivity index (χ1v) is 5.51. The van der Waals surface area contributed by atoms with E-state index in [0.717, 1.165) is 11.3 Å². The van der Waals surface area contributed by atoms with Crippen molar-refractivity contribution in [3.8, 4) is 17.3 Å². The lowest BCUT2D eigenvalue weighted by Crippen LogP contribution is -2.01. The third-order valence-corrected chi connectivity index (χ3v) is 2.96. The zero-order chi connectivity index (χ0) is 13.3. The Kier molecular flexibility index (Phi) is 2.90. The Morgan fingerprint density at radius 3 is 2.61 bits per heavy atom. The van der Waals surface area contributed by atoms with E-state index in [1.165, 1.54) is 6.92 Å². The number of hydrogen-bond acceptors (Lipinski definition) is 3. The molecule has 0 unspecified atom stereocenters. The topological polar surface area (TPSA) is 71.8 Å². The summed E-state index contributed by atoms with van der Waals surface area (Å²) in [6, 6.07) is 11.0. The Morgan fingerprint density at radius 2 is 2.06 bits per heavy atom. The highest BCUT2D eigenvalue weighted by molar-refractivity contribution is 6.00. The molecule has 0 saturated carbocycles. The molecule has 0 saturated heterocycles. The molecule has 1 aromatic heterocycles. The fourth-order valence-electron chi connectivity index (χ4n) is 1.93. The van der Waals surface area contributed by atoms with Gasteiger partial charge in [0.05, 0.1) is 0 Å². The van der Waals surface area contributed by atoms with Gasteiger partial charge in [0.15, 0.2) is 5.78 Å². The molecule has 0 amide bonds. The van der Waals surface area contributed by atoms with Crippen molar-refractivity contribution >= 4 is 11.5 Å². The molecule has 1 aromatic carbocycles. The van der Waals surface area contributed by atoms with Crippen LogP contribution in [0.4, 0.5) is 5.69 Å². The van der Waals surface area contributed by atoms with E-state index in [0.29, 0.717) is 16.9 Å². The largest absolute Gasteiger partial charge is 0.398 e. The van der Waals surface area contributed by atoms with E-state index >= 15 is 0 Å². The van der Waals surface area contributed by atoms with E-state index < -0.39 is 0 Å². The molecule has 0 bridgehead atoms. The number of Topliss-reactive ketones (excluding diaryl/α,β-unsaturated/α-hetero) is 1. The zero-order valence-corrected chi connectivity index (χ0v) is 10.3. The van der Waals surface area contributed by atoms with E-state index in [2.05, 4.69) is 6.07 Å². The SMILES string of the molecule is CC(=O)c1cc(-c2ccc(C#N)n2C)ccc1N. The fraction of sp³-hybridized carbons (Fsp3) is 0.143. The number of benzene rings is 1. The number of anilines is 1. The van der Waals surface area contributed by atoms with Gasteiger partial charge in [-0.2, -0.15) is 5.26 Å². The second-order valence-electron chi connectivity index (χ2n) is 4.13. The first kappa shape index (κ1) is 11.9. The van der Waals surface area contributed by atoms with Gasteiger partial charge in [-0.25, -0.2) is 0 Å². The van der Waals surface area contributed by atoms with E-state index in [1.807, 2.05) is 19.2 Å². The summed E-state index contributed by atoms with van der Waals surface area (Å²) in [5.41, 5.74) is 9.07. The normalized spacial score (nSPS) is 10.1. The van der Waals surface area contributed by atoms with Crippen LogP contribution in [0.2, 0.25) is 0 Å². The van der Waals surface area contributed by atoms with Gasteiger partial charge < -0.3 is 10.3 Å². The second-order valence-corrected chi connectivity index (χ2v) is 4.13. The molecule has 18 heavy (non-hydrogen) atoms. The highest BCUT2D eigenvalue weighted by Gasteiger charge is 2.10. The highest BCUT2D eigenvalue weighted by Crippen LogP contribution is 2.25. The number of nitriles is 1. The summed E-state index contributed by atoms with van der Waals surface area (Å²) in [6.45, 7) is 1.49. The number of aromatic nitrogens is 1. The van der Waals surface area contributed by atoms with E-state index in [4.69, 9.17) is 11.0 Å². The molecule has 0 aliphatic rings. The van der Waals surface area contributed by atoms with Gasteiger partial charge in [-0.15, -0.1) is 0 Å². The maximum atomic E-state index is 11.5. The molecule has 2 N–H and O–H groups in total. The van der Waals surface area contributed by atoms with Gasteiger partial charge in [0.1, 0.15) is 11.8 Å². The van der Waals surface area contributed by atoms with Gasteiger partial charge in [-0.1, -0.05) is 6.07 Å². The van der Waals surface area contributed by atoms with Gasteiger partial charge in [0.2, 0.25) is 0 Å². The molecule has 0 radical (unpaired) electrons. The molecule has 4 heteroatoms. The van der Waals surface area contributed by atoms with Crippen molar-refractivity contribution in [2.24, 2.45) is 7.05 Å². The average Bonchev–Trinajstić information content (AvgIpc) is 2.71. The van der Waals surface area contributed by atoms with Crippen molar-refractivity contribution in [1.29, 1.82) is 5.26 Å². The maximum Gasteiger partial charge on any atom is 0.161 e. The minimum atomic E-state index is -0.0657. The van der Waals surface area contributed by atoms with Gasteiger partial charge in [0, 0.05) is 24.0 Å². The molecule has 2 aromatic rings. The Hall–Kier alpha value is -2.54. The van der Waals surface area contributed by atoms with Crippen LogP contribution in [-0.4, -0.2) is 10.4 Å². The lowest BCUT2D eigenvalue weighted by molar-refractivity contribution is 0.101. The van der Waals surface area contributed by atoms with E-state index in [9.17, 15) is 4.79 Å². The first-order chi connectivity index (χ1) is 8.54. The molecule has 0 fully saturated rings. The number of carbonyl (C=O) groups excluding carboxylic acids is 1. The lowest BCUT2D eigenvalue weighted by atomic mass is 10.0. The third kappa shape index (κ3) is 1.87. The summed E-state index contributed by atoms with van der Waals surface area (Å²) >= 11 is 0. The lowest BCUT2D eigenvalue weighted by Gasteiger charge is -2.08. The summed E-state index contributed by atoms with van der Waals surface area (Å²) in [7, 11) is 1.82. The Labute approximate surface area is 105 Å². The van der Waals surface area contributed by atoms with E-state index in [-0.39, 0.29) is 5.78 Å². The quantitative estimate of drug-likeness (QED) is 0.645. The monoisotopic (exact) mass is 239 g/mol. The smallest absolute Gasteiger partial charge is 0.161 e. The molecule has 4 nitrogen and oxygen atoms in total. The minimum absolute atomic E-state index is 0.0657. The molecule has 0 aliphatic carbocycles. The van der Waals surface area contributed by atoms with Crippen molar-refractivity contribution in [2.45, 2.75) is 6.92 Å². The van der Waals surface area contributed by atoms with Gasteiger partial charge in [-0.05, 0) is 36.8 Å². The summed E-state index contributed by atoms with van der Waals surface area (Å²) in [4.78, 5) is 11.5. The average molecular weight is 239 g/mol. The predicted molar refractivity (Wildman–Crippen MR) is 70.0 cm³/mol. The number of nitrogen functional groups attached to an aromatic ring is 1. The molecular formula is C14H13N3O. The van der Waals surface area contributed by atoms with Crippen LogP contribution in [-0.2, 0) is 7.05 Å². The third-order valence-electron chi connectivity index (χ3n) is 2.96. The first-order valence-electron chi connectivity index (χ1n) is 5.51. The Bertz CT molecular complexity index is 662. The predicted octanol–water partition coefficient (Wildman–Crippen LogP) is 2.35. The van der Waals surface area contributed by atoms with Gasteiger partial charge in [-0.3, -0.25) is 4.79 Å². The summed E-state index contributed by atoms with van der Waals surface area (Å²) < 4.78 is 1.79. The number of nitrogens with zero attached hydrogens (tertiary/aromatic N) is 2. The van der Waals surface area contributed by atoms with Crippen LogP contribution in [0.3, 0.4) is 0 Å². The Morgan fingerprint density at radius 1 is 1.33 bits per heavy atom. The van der Waals surface area contributed by atoms with Crippen LogP contribution in [0.1, 0.15) is 23.0 Å². The maximum absolute atomic E-state index is 11.5. The summed E-state index contributed by atoms with van der Waals surface area (Å²) in [5, 5.41) is 8.92. The highest BCUT2D eigenvalue weighted by atomic mass is 16.1. The van der Waals surface area contributed by atoms with Crippen LogP contribution < -0.4 is 5.73 Å². The zero-order valence-electron chi connectivity index (χ0n) is 10.3. The number of ketones is 1. The van der Waals surface area contributed by atoms with E-state index in [1.54, 1.807) is 22.8 Å². The van der Waals surface area contributed by atoms with Crippen molar-refractivity contribution in [3.05, 3.63) is 41.6 Å². The van der Waals surface area contributed by atoms with Crippen LogP contribution >= 0.6 is 0 Å². The van der Waals surface area contributed by atoms with Crippen molar-refractivity contribution in [3.63, 3.8) is 0 Å².